The number of fused-ring (bicyclic) bond motifs is 2. The van der Waals surface area contributed by atoms with E-state index >= 15 is 0 Å². The molecule has 5 heteroatoms. The number of Topliss-reactive ketones (excluding diaryl/α,β-unsaturated/α-hetero) is 1. The van der Waals surface area contributed by atoms with Gasteiger partial charge in [0.2, 0.25) is 0 Å². The first-order valence-corrected chi connectivity index (χ1v) is 6.25. The number of nitrogens with zero attached hydrogens (tertiary/aromatic N) is 1. The third-order valence-electron chi connectivity index (χ3n) is 3.32. The highest BCUT2D eigenvalue weighted by Gasteiger charge is 2.50. The van der Waals surface area contributed by atoms with E-state index in [0.29, 0.717) is 0 Å². The fourth-order valence-corrected chi connectivity index (χ4v) is 3.28. The molecule has 0 N–H and O–H groups in total. The molecule has 2 rings (SSSR count). The highest BCUT2D eigenvalue weighted by molar-refractivity contribution is 9.10. The van der Waals surface area contributed by atoms with E-state index in [1.165, 1.54) is 7.11 Å². The molecule has 0 radical (unpaired) electrons. The minimum Gasteiger partial charge on any atom is -0.453 e. The maximum atomic E-state index is 12.0. The second-order valence-electron chi connectivity index (χ2n) is 4.06. The third-order valence-corrected chi connectivity index (χ3v) is 4.32. The molecule has 0 aromatic rings. The van der Waals surface area contributed by atoms with Gasteiger partial charge in [0.25, 0.3) is 0 Å². The molecule has 0 unspecified atom stereocenters. The molecule has 2 heterocycles. The van der Waals surface area contributed by atoms with Gasteiger partial charge in [-0.05, 0) is 6.42 Å². The van der Waals surface area contributed by atoms with E-state index in [-0.39, 0.29) is 34.7 Å². The molecule has 2 bridgehead atoms. The molecule has 0 aliphatic carbocycles. The van der Waals surface area contributed by atoms with Gasteiger partial charge in [0.05, 0.1) is 24.0 Å². The molecule has 0 spiro atoms. The van der Waals surface area contributed by atoms with E-state index in [2.05, 4.69) is 15.9 Å². The lowest BCUT2D eigenvalue weighted by Crippen LogP contribution is -2.57. The molecule has 1 amide bonds. The lowest BCUT2D eigenvalue weighted by atomic mass is 9.86. The van der Waals surface area contributed by atoms with Crippen molar-refractivity contribution in [2.75, 3.05) is 7.11 Å². The monoisotopic (exact) mass is 287 g/mol. The first kappa shape index (κ1) is 11.6. The van der Waals surface area contributed by atoms with Crippen molar-refractivity contribution >= 4 is 27.8 Å². The average molecular weight is 288 g/mol. The van der Waals surface area contributed by atoms with Crippen LogP contribution in [-0.4, -0.2) is 40.8 Å². The van der Waals surface area contributed by atoms with Crippen LogP contribution in [0.15, 0.2) is 12.2 Å². The van der Waals surface area contributed by atoms with Gasteiger partial charge in [-0.25, -0.2) is 4.79 Å². The Labute approximate surface area is 103 Å². The topological polar surface area (TPSA) is 46.6 Å². The van der Waals surface area contributed by atoms with Crippen molar-refractivity contribution in [3.8, 4) is 0 Å². The molecular formula is C11H14BrNO3. The van der Waals surface area contributed by atoms with Crippen molar-refractivity contribution in [2.24, 2.45) is 5.92 Å². The number of amides is 1. The van der Waals surface area contributed by atoms with Gasteiger partial charge in [0.1, 0.15) is 0 Å². The standard InChI is InChI=1S/C11H14BrNO3/c1-3-6-7-4-5-8(9(12)10(6)14)13(7)11(15)16-2/h4-9H,3H2,1-2H3/t6-,7-,8+,9+/m0/s1. The van der Waals surface area contributed by atoms with Crippen molar-refractivity contribution < 1.29 is 14.3 Å². The molecule has 2 aliphatic heterocycles. The molecule has 88 valence electrons. The van der Waals surface area contributed by atoms with Crippen LogP contribution in [0.25, 0.3) is 0 Å². The summed E-state index contributed by atoms with van der Waals surface area (Å²) < 4.78 is 4.76. The SMILES string of the molecule is CC[C@@H]1C(=O)[C@H](Br)[C@H]2C=C[C@@H]1N2C(=O)OC. The summed E-state index contributed by atoms with van der Waals surface area (Å²) in [5, 5.41) is 0. The summed E-state index contributed by atoms with van der Waals surface area (Å²) in [4.78, 5) is 25.0. The Balaban J connectivity index is 2.33. The van der Waals surface area contributed by atoms with E-state index in [1.54, 1.807) is 4.90 Å². The highest BCUT2D eigenvalue weighted by atomic mass is 79.9. The maximum absolute atomic E-state index is 12.0. The number of piperidine rings is 1. The first-order valence-electron chi connectivity index (χ1n) is 5.34. The van der Waals surface area contributed by atoms with Crippen molar-refractivity contribution in [3.05, 3.63) is 12.2 Å². The van der Waals surface area contributed by atoms with Crippen molar-refractivity contribution in [3.63, 3.8) is 0 Å². The molecule has 4 nitrogen and oxygen atoms in total. The zero-order chi connectivity index (χ0) is 11.9. The fourth-order valence-electron chi connectivity index (χ4n) is 2.51. The largest absolute Gasteiger partial charge is 0.453 e. The van der Waals surface area contributed by atoms with Crippen LogP contribution in [0.3, 0.4) is 0 Å². The van der Waals surface area contributed by atoms with Crippen LogP contribution in [-0.2, 0) is 9.53 Å². The summed E-state index contributed by atoms with van der Waals surface area (Å²) in [6, 6.07) is -0.337. The van der Waals surface area contributed by atoms with E-state index < -0.39 is 0 Å². The summed E-state index contributed by atoms with van der Waals surface area (Å²) in [6.45, 7) is 1.96. The summed E-state index contributed by atoms with van der Waals surface area (Å²) in [5.74, 6) is 0.0566. The smallest absolute Gasteiger partial charge is 0.410 e. The van der Waals surface area contributed by atoms with Gasteiger partial charge in [-0.1, -0.05) is 35.0 Å². The minimum absolute atomic E-state index is 0.126. The zero-order valence-electron chi connectivity index (χ0n) is 9.22. The fraction of sp³-hybridized carbons (Fsp3) is 0.636. The van der Waals surface area contributed by atoms with Crippen molar-refractivity contribution in [1.82, 2.24) is 4.90 Å². The summed E-state index contributed by atoms with van der Waals surface area (Å²) in [5.41, 5.74) is 0. The Morgan fingerprint density at radius 3 is 2.69 bits per heavy atom. The van der Waals surface area contributed by atoms with Gasteiger partial charge in [0.15, 0.2) is 5.78 Å². The van der Waals surface area contributed by atoms with Gasteiger partial charge in [-0.3, -0.25) is 9.69 Å². The second-order valence-corrected chi connectivity index (χ2v) is 5.05. The van der Waals surface area contributed by atoms with E-state index in [9.17, 15) is 9.59 Å². The lowest BCUT2D eigenvalue weighted by molar-refractivity contribution is -0.127. The number of hydrogen-bond donors (Lipinski definition) is 0. The number of ketones is 1. The number of carbonyl (C=O) groups excluding carboxylic acids is 2. The molecular weight excluding hydrogens is 274 g/mol. The van der Waals surface area contributed by atoms with Gasteiger partial charge in [-0.2, -0.15) is 0 Å². The Morgan fingerprint density at radius 2 is 2.12 bits per heavy atom. The van der Waals surface area contributed by atoms with Gasteiger partial charge in [-0.15, -0.1) is 0 Å². The normalized spacial score (nSPS) is 36.7. The Kier molecular flexibility index (Phi) is 3.06. The number of halogens is 1. The molecule has 4 atom stereocenters. The Bertz CT molecular complexity index is 355. The van der Waals surface area contributed by atoms with Crippen LogP contribution in [0.5, 0.6) is 0 Å². The quantitative estimate of drug-likeness (QED) is 0.545. The minimum atomic E-state index is -0.365. The van der Waals surface area contributed by atoms with E-state index in [0.717, 1.165) is 6.42 Å². The number of ether oxygens (including phenoxy) is 1. The predicted molar refractivity (Wildman–Crippen MR) is 62.5 cm³/mol. The first-order chi connectivity index (χ1) is 7.61. The van der Waals surface area contributed by atoms with Crippen molar-refractivity contribution in [2.45, 2.75) is 30.3 Å². The van der Waals surface area contributed by atoms with Crippen LogP contribution in [0.4, 0.5) is 4.79 Å². The Hall–Kier alpha value is -0.840. The number of methoxy groups -OCH3 is 1. The van der Waals surface area contributed by atoms with E-state index in [1.807, 2.05) is 19.1 Å². The van der Waals surface area contributed by atoms with Crippen LogP contribution in [0.2, 0.25) is 0 Å². The van der Waals surface area contributed by atoms with Gasteiger partial charge < -0.3 is 4.74 Å². The summed E-state index contributed by atoms with van der Waals surface area (Å²) in [6.07, 6.45) is 4.22. The van der Waals surface area contributed by atoms with Gasteiger partial charge in [0, 0.05) is 5.92 Å². The Morgan fingerprint density at radius 1 is 1.50 bits per heavy atom. The molecule has 0 aromatic carbocycles. The third kappa shape index (κ3) is 1.49. The molecule has 16 heavy (non-hydrogen) atoms. The number of alkyl halides is 1. The molecule has 1 saturated heterocycles. The van der Waals surface area contributed by atoms with Crippen LogP contribution < -0.4 is 0 Å². The number of carbonyl (C=O) groups is 2. The number of rotatable bonds is 1. The average Bonchev–Trinajstić information content (AvgIpc) is 2.67. The van der Waals surface area contributed by atoms with Crippen molar-refractivity contribution in [1.29, 1.82) is 0 Å². The van der Waals surface area contributed by atoms with E-state index in [4.69, 9.17) is 4.74 Å². The zero-order valence-corrected chi connectivity index (χ0v) is 10.8. The highest BCUT2D eigenvalue weighted by Crippen LogP contribution is 2.37. The summed E-state index contributed by atoms with van der Waals surface area (Å²) >= 11 is 3.38. The molecule has 2 aliphatic rings. The predicted octanol–water partition coefficient (Wildman–Crippen LogP) is 1.73. The molecule has 0 aromatic heterocycles. The van der Waals surface area contributed by atoms with Crippen LogP contribution >= 0.6 is 15.9 Å². The molecule has 1 fully saturated rings. The molecule has 0 saturated carbocycles. The second kappa shape index (κ2) is 4.20. The van der Waals surface area contributed by atoms with Gasteiger partial charge >= 0.3 is 6.09 Å². The maximum Gasteiger partial charge on any atom is 0.410 e. The summed E-state index contributed by atoms with van der Waals surface area (Å²) in [7, 11) is 1.36. The van der Waals surface area contributed by atoms with Crippen LogP contribution in [0, 0.1) is 5.92 Å². The van der Waals surface area contributed by atoms with Crippen LogP contribution in [0.1, 0.15) is 13.3 Å². The lowest BCUT2D eigenvalue weighted by Gasteiger charge is -2.40. The number of hydrogen-bond acceptors (Lipinski definition) is 3.